The van der Waals surface area contributed by atoms with E-state index >= 15 is 0 Å². The Balaban J connectivity index is 1.85. The molecule has 3 nitrogen and oxygen atoms in total. The molecule has 1 fully saturated rings. The number of nitrogens with one attached hydrogen (secondary N) is 1. The lowest BCUT2D eigenvalue weighted by atomic mass is 9.90. The Morgan fingerprint density at radius 2 is 1.95 bits per heavy atom. The van der Waals surface area contributed by atoms with Crippen molar-refractivity contribution in [3.8, 4) is 0 Å². The number of rotatable bonds is 3. The first kappa shape index (κ1) is 14.3. The first-order chi connectivity index (χ1) is 10.2. The van der Waals surface area contributed by atoms with E-state index in [0.717, 1.165) is 30.2 Å². The van der Waals surface area contributed by atoms with Crippen molar-refractivity contribution in [2.24, 2.45) is 5.92 Å². The van der Waals surface area contributed by atoms with Gasteiger partial charge in [-0.2, -0.15) is 0 Å². The van der Waals surface area contributed by atoms with Gasteiger partial charge in [0.25, 0.3) is 0 Å². The highest BCUT2D eigenvalue weighted by Crippen LogP contribution is 2.31. The van der Waals surface area contributed by atoms with Crippen LogP contribution in [-0.4, -0.2) is 31.2 Å². The average molecular weight is 283 g/mol. The van der Waals surface area contributed by atoms with Crippen LogP contribution < -0.4 is 10.2 Å². The van der Waals surface area contributed by atoms with E-state index in [1.54, 1.807) is 0 Å². The number of benzene rings is 1. The molecular weight excluding hydrogens is 258 g/mol. The average Bonchev–Trinajstić information content (AvgIpc) is 2.53. The van der Waals surface area contributed by atoms with Crippen molar-refractivity contribution in [1.29, 1.82) is 0 Å². The van der Waals surface area contributed by atoms with E-state index in [9.17, 15) is 0 Å². The number of anilines is 1. The van der Waals surface area contributed by atoms with Crippen LogP contribution >= 0.6 is 0 Å². The van der Waals surface area contributed by atoms with Gasteiger partial charge in [-0.05, 0) is 51.8 Å². The molecule has 1 atom stereocenters. The summed E-state index contributed by atoms with van der Waals surface area (Å²) in [7, 11) is 2.07. The van der Waals surface area contributed by atoms with Gasteiger partial charge in [-0.3, -0.25) is 4.98 Å². The predicted molar refractivity (Wildman–Crippen MR) is 89.9 cm³/mol. The molecule has 3 rings (SSSR count). The van der Waals surface area contributed by atoms with Crippen LogP contribution in [0.5, 0.6) is 0 Å². The summed E-state index contributed by atoms with van der Waals surface area (Å²) in [4.78, 5) is 7.19. The largest absolute Gasteiger partial charge is 0.371 e. The van der Waals surface area contributed by atoms with E-state index in [2.05, 4.69) is 66.4 Å². The molecule has 1 unspecified atom stereocenters. The Morgan fingerprint density at radius 1 is 1.24 bits per heavy atom. The number of hydrogen-bond acceptors (Lipinski definition) is 3. The zero-order chi connectivity index (χ0) is 14.8. The van der Waals surface area contributed by atoms with Gasteiger partial charge in [0.2, 0.25) is 0 Å². The van der Waals surface area contributed by atoms with Gasteiger partial charge in [-0.1, -0.05) is 18.2 Å². The van der Waals surface area contributed by atoms with Crippen LogP contribution in [-0.2, 0) is 0 Å². The molecule has 1 N–H and O–H groups in total. The maximum absolute atomic E-state index is 4.65. The van der Waals surface area contributed by atoms with E-state index in [1.165, 1.54) is 23.9 Å². The van der Waals surface area contributed by atoms with Gasteiger partial charge in [0, 0.05) is 35.9 Å². The lowest BCUT2D eigenvalue weighted by Crippen LogP contribution is -2.41. The highest BCUT2D eigenvalue weighted by molar-refractivity contribution is 5.92. The third-order valence-electron chi connectivity index (χ3n) is 4.87. The third-order valence-corrected chi connectivity index (χ3v) is 4.87. The fraction of sp³-hybridized carbons (Fsp3) is 0.500. The molecule has 1 aliphatic heterocycles. The molecule has 1 aromatic heterocycles. The van der Waals surface area contributed by atoms with Crippen LogP contribution in [0.1, 0.15) is 25.5 Å². The summed E-state index contributed by atoms with van der Waals surface area (Å²) >= 11 is 0. The van der Waals surface area contributed by atoms with Crippen LogP contribution in [0.3, 0.4) is 0 Å². The maximum Gasteiger partial charge on any atom is 0.0726 e. The van der Waals surface area contributed by atoms with Gasteiger partial charge >= 0.3 is 0 Å². The van der Waals surface area contributed by atoms with E-state index in [4.69, 9.17) is 0 Å². The highest BCUT2D eigenvalue weighted by atomic mass is 15.1. The van der Waals surface area contributed by atoms with E-state index in [0.29, 0.717) is 6.04 Å². The Morgan fingerprint density at radius 3 is 2.67 bits per heavy atom. The van der Waals surface area contributed by atoms with Crippen LogP contribution in [0.25, 0.3) is 10.9 Å². The zero-order valence-corrected chi connectivity index (χ0v) is 13.3. The number of pyridine rings is 1. The zero-order valence-electron chi connectivity index (χ0n) is 13.3. The number of nitrogens with zero attached hydrogens (tertiary/aromatic N) is 2. The lowest BCUT2D eigenvalue weighted by molar-refractivity contribution is 0.324. The Kier molecular flexibility index (Phi) is 4.11. The van der Waals surface area contributed by atoms with Gasteiger partial charge in [-0.15, -0.1) is 0 Å². The van der Waals surface area contributed by atoms with Gasteiger partial charge in [0.05, 0.1) is 5.52 Å². The van der Waals surface area contributed by atoms with Crippen LogP contribution in [0, 0.1) is 12.8 Å². The summed E-state index contributed by atoms with van der Waals surface area (Å²) < 4.78 is 0. The number of piperidine rings is 1. The molecule has 1 aromatic carbocycles. The quantitative estimate of drug-likeness (QED) is 0.936. The molecule has 1 aliphatic rings. The minimum absolute atomic E-state index is 0.614. The fourth-order valence-corrected chi connectivity index (χ4v) is 3.42. The molecule has 0 saturated carbocycles. The van der Waals surface area contributed by atoms with E-state index in [1.807, 2.05) is 0 Å². The van der Waals surface area contributed by atoms with Crippen molar-refractivity contribution in [2.45, 2.75) is 32.7 Å². The minimum Gasteiger partial charge on any atom is -0.371 e. The molecule has 112 valence electrons. The number of aromatic nitrogens is 1. The second kappa shape index (κ2) is 6.02. The SMILES string of the molecule is CNC(C)C1CCN(c2cc(C)nc3ccccc23)CC1. The second-order valence-electron chi connectivity index (χ2n) is 6.20. The van der Waals surface area contributed by atoms with Crippen molar-refractivity contribution in [1.82, 2.24) is 10.3 Å². The van der Waals surface area contributed by atoms with Gasteiger partial charge < -0.3 is 10.2 Å². The first-order valence-corrected chi connectivity index (χ1v) is 7.97. The fourth-order valence-electron chi connectivity index (χ4n) is 3.42. The standard InChI is InChI=1S/C18H25N3/c1-13-12-18(16-6-4-5-7-17(16)20-13)21-10-8-15(9-11-21)14(2)19-3/h4-7,12,14-15,19H,8-11H2,1-3H3. The first-order valence-electron chi connectivity index (χ1n) is 7.97. The van der Waals surface area contributed by atoms with Crippen molar-refractivity contribution in [3.63, 3.8) is 0 Å². The van der Waals surface area contributed by atoms with Crippen molar-refractivity contribution >= 4 is 16.6 Å². The number of aryl methyl sites for hydroxylation is 1. The summed E-state index contributed by atoms with van der Waals surface area (Å²) in [5.74, 6) is 0.792. The highest BCUT2D eigenvalue weighted by Gasteiger charge is 2.24. The van der Waals surface area contributed by atoms with Gasteiger partial charge in [0.1, 0.15) is 0 Å². The van der Waals surface area contributed by atoms with Crippen molar-refractivity contribution < 1.29 is 0 Å². The van der Waals surface area contributed by atoms with Crippen LogP contribution in [0.2, 0.25) is 0 Å². The third kappa shape index (κ3) is 2.88. The molecule has 1 saturated heterocycles. The van der Waals surface area contributed by atoms with Crippen molar-refractivity contribution in [2.75, 3.05) is 25.0 Å². The lowest BCUT2D eigenvalue weighted by Gasteiger charge is -2.36. The smallest absolute Gasteiger partial charge is 0.0726 e. The molecule has 3 heteroatoms. The maximum atomic E-state index is 4.65. The summed E-state index contributed by atoms with van der Waals surface area (Å²) in [5.41, 5.74) is 3.57. The molecule has 0 amide bonds. The summed E-state index contributed by atoms with van der Waals surface area (Å²) in [6, 6.07) is 11.3. The summed E-state index contributed by atoms with van der Waals surface area (Å²) in [6.45, 7) is 6.67. The number of hydrogen-bond donors (Lipinski definition) is 1. The summed E-state index contributed by atoms with van der Waals surface area (Å²) in [5, 5.41) is 4.68. The Bertz CT molecular complexity index is 615. The molecular formula is C18H25N3. The van der Waals surface area contributed by atoms with Crippen LogP contribution in [0.4, 0.5) is 5.69 Å². The predicted octanol–water partition coefficient (Wildman–Crippen LogP) is 3.37. The Labute approximate surface area is 127 Å². The molecule has 0 spiro atoms. The molecule has 0 aliphatic carbocycles. The topological polar surface area (TPSA) is 28.2 Å². The molecule has 2 aromatic rings. The van der Waals surface area contributed by atoms with Gasteiger partial charge in [0.15, 0.2) is 0 Å². The second-order valence-corrected chi connectivity index (χ2v) is 6.20. The molecule has 0 radical (unpaired) electrons. The van der Waals surface area contributed by atoms with E-state index < -0.39 is 0 Å². The summed E-state index contributed by atoms with van der Waals surface area (Å²) in [6.07, 6.45) is 2.52. The number of para-hydroxylation sites is 1. The van der Waals surface area contributed by atoms with Gasteiger partial charge in [-0.25, -0.2) is 0 Å². The minimum atomic E-state index is 0.614. The molecule has 2 heterocycles. The monoisotopic (exact) mass is 283 g/mol. The Hall–Kier alpha value is -1.61. The van der Waals surface area contributed by atoms with E-state index in [-0.39, 0.29) is 0 Å². The number of fused-ring (bicyclic) bond motifs is 1. The molecule has 0 bridgehead atoms. The van der Waals surface area contributed by atoms with Crippen molar-refractivity contribution in [3.05, 3.63) is 36.0 Å². The van der Waals surface area contributed by atoms with Crippen LogP contribution in [0.15, 0.2) is 30.3 Å². The molecule has 21 heavy (non-hydrogen) atoms. The normalized spacial score (nSPS) is 18.1.